The molecule has 0 saturated heterocycles. The predicted octanol–water partition coefficient (Wildman–Crippen LogP) is 4.44. The van der Waals surface area contributed by atoms with Crippen LogP contribution in [-0.2, 0) is 6.54 Å². The van der Waals surface area contributed by atoms with Crippen molar-refractivity contribution in [1.29, 1.82) is 5.26 Å². The van der Waals surface area contributed by atoms with E-state index in [1.807, 2.05) is 24.3 Å². The van der Waals surface area contributed by atoms with Gasteiger partial charge in [-0.2, -0.15) is 5.26 Å². The molecule has 98 valence electrons. The zero-order valence-electron chi connectivity index (χ0n) is 10.7. The number of nitrogens with one attached hydrogen (secondary N) is 1. The minimum absolute atomic E-state index is 0.732. The van der Waals surface area contributed by atoms with Crippen LogP contribution < -0.4 is 5.32 Å². The maximum atomic E-state index is 8.87. The predicted molar refractivity (Wildman–Crippen MR) is 81.5 cm³/mol. The van der Waals surface area contributed by atoms with Crippen molar-refractivity contribution in [3.05, 3.63) is 45.8 Å². The zero-order chi connectivity index (χ0) is 13.7. The summed E-state index contributed by atoms with van der Waals surface area (Å²) in [5.74, 6) is 0. The lowest BCUT2D eigenvalue weighted by atomic mass is 10.1. The fourth-order valence-electron chi connectivity index (χ4n) is 1.82. The van der Waals surface area contributed by atoms with Crippen LogP contribution in [0, 0.1) is 11.3 Å². The Kier molecular flexibility index (Phi) is 4.98. The summed E-state index contributed by atoms with van der Waals surface area (Å²) in [6, 6.07) is 12.0. The SMILES string of the molecule is CCCNCc1cc(-c2ccc(C#N)s2)ccc1Cl. The van der Waals surface area contributed by atoms with Crippen molar-refractivity contribution in [2.24, 2.45) is 0 Å². The van der Waals surface area contributed by atoms with Gasteiger partial charge in [0.25, 0.3) is 0 Å². The first-order valence-electron chi connectivity index (χ1n) is 6.24. The topological polar surface area (TPSA) is 35.8 Å². The second-order valence-corrected chi connectivity index (χ2v) is 5.75. The van der Waals surface area contributed by atoms with Crippen molar-refractivity contribution >= 4 is 22.9 Å². The Morgan fingerprint density at radius 2 is 2.16 bits per heavy atom. The highest BCUT2D eigenvalue weighted by Crippen LogP contribution is 2.30. The number of halogens is 1. The van der Waals surface area contributed by atoms with Gasteiger partial charge in [-0.15, -0.1) is 11.3 Å². The minimum atomic E-state index is 0.732. The van der Waals surface area contributed by atoms with E-state index in [4.69, 9.17) is 16.9 Å². The van der Waals surface area contributed by atoms with Crippen molar-refractivity contribution in [1.82, 2.24) is 5.32 Å². The molecular weight excluding hydrogens is 276 g/mol. The molecular formula is C15H15ClN2S. The van der Waals surface area contributed by atoms with E-state index < -0.39 is 0 Å². The van der Waals surface area contributed by atoms with E-state index in [1.54, 1.807) is 0 Å². The Morgan fingerprint density at radius 1 is 1.32 bits per heavy atom. The molecule has 0 saturated carbocycles. The van der Waals surface area contributed by atoms with Gasteiger partial charge in [0.1, 0.15) is 10.9 Å². The summed E-state index contributed by atoms with van der Waals surface area (Å²) >= 11 is 7.71. The number of hydrogen-bond acceptors (Lipinski definition) is 3. The van der Waals surface area contributed by atoms with E-state index in [0.29, 0.717) is 0 Å². The van der Waals surface area contributed by atoms with Gasteiger partial charge in [-0.3, -0.25) is 0 Å². The molecule has 2 rings (SSSR count). The molecule has 1 aromatic heterocycles. The van der Waals surface area contributed by atoms with Crippen LogP contribution in [0.15, 0.2) is 30.3 Å². The summed E-state index contributed by atoms with van der Waals surface area (Å²) in [6.07, 6.45) is 1.10. The third-order valence-corrected chi connectivity index (χ3v) is 4.20. The van der Waals surface area contributed by atoms with Crippen molar-refractivity contribution in [2.45, 2.75) is 19.9 Å². The molecule has 2 nitrogen and oxygen atoms in total. The van der Waals surface area contributed by atoms with Gasteiger partial charge in [0.05, 0.1) is 0 Å². The van der Waals surface area contributed by atoms with Crippen LogP contribution in [0.25, 0.3) is 10.4 Å². The Hall–Kier alpha value is -1.34. The van der Waals surface area contributed by atoms with Crippen molar-refractivity contribution < 1.29 is 0 Å². The van der Waals surface area contributed by atoms with E-state index in [0.717, 1.165) is 45.4 Å². The highest BCUT2D eigenvalue weighted by atomic mass is 35.5. The molecule has 0 atom stereocenters. The molecule has 1 heterocycles. The molecule has 0 bridgehead atoms. The standard InChI is InChI=1S/C15H15ClN2S/c1-2-7-18-10-12-8-11(3-5-14(12)16)15-6-4-13(9-17)19-15/h3-6,8,18H,2,7,10H2,1H3. The number of nitrogens with zero attached hydrogens (tertiary/aromatic N) is 1. The van der Waals surface area contributed by atoms with Crippen LogP contribution >= 0.6 is 22.9 Å². The molecule has 1 N–H and O–H groups in total. The lowest BCUT2D eigenvalue weighted by Gasteiger charge is -2.07. The lowest BCUT2D eigenvalue weighted by Crippen LogP contribution is -2.14. The van der Waals surface area contributed by atoms with Crippen molar-refractivity contribution in [3.63, 3.8) is 0 Å². The monoisotopic (exact) mass is 290 g/mol. The summed E-state index contributed by atoms with van der Waals surface area (Å²) in [4.78, 5) is 1.83. The number of rotatable bonds is 5. The molecule has 0 radical (unpaired) electrons. The Bertz CT molecular complexity index is 598. The van der Waals surface area contributed by atoms with Gasteiger partial charge in [0, 0.05) is 16.4 Å². The van der Waals surface area contributed by atoms with E-state index in [2.05, 4.69) is 24.4 Å². The largest absolute Gasteiger partial charge is 0.313 e. The average Bonchev–Trinajstić information content (AvgIpc) is 2.90. The molecule has 2 aromatic rings. The number of thiophene rings is 1. The van der Waals surface area contributed by atoms with E-state index >= 15 is 0 Å². The second kappa shape index (κ2) is 6.72. The van der Waals surface area contributed by atoms with Gasteiger partial charge in [-0.1, -0.05) is 24.6 Å². The van der Waals surface area contributed by atoms with Gasteiger partial charge in [-0.05, 0) is 48.4 Å². The van der Waals surface area contributed by atoms with Crippen LogP contribution in [0.3, 0.4) is 0 Å². The fraction of sp³-hybridized carbons (Fsp3) is 0.267. The van der Waals surface area contributed by atoms with Crippen LogP contribution in [-0.4, -0.2) is 6.54 Å². The molecule has 0 unspecified atom stereocenters. The Balaban J connectivity index is 2.22. The van der Waals surface area contributed by atoms with Gasteiger partial charge in [0.2, 0.25) is 0 Å². The molecule has 0 aliphatic rings. The van der Waals surface area contributed by atoms with Gasteiger partial charge in [0.15, 0.2) is 0 Å². The van der Waals surface area contributed by atoms with Gasteiger partial charge in [-0.25, -0.2) is 0 Å². The molecule has 19 heavy (non-hydrogen) atoms. The zero-order valence-corrected chi connectivity index (χ0v) is 12.3. The van der Waals surface area contributed by atoms with Gasteiger partial charge >= 0.3 is 0 Å². The van der Waals surface area contributed by atoms with E-state index in [-0.39, 0.29) is 0 Å². The normalized spacial score (nSPS) is 10.4. The number of benzene rings is 1. The van der Waals surface area contributed by atoms with Crippen molar-refractivity contribution in [3.8, 4) is 16.5 Å². The first-order chi connectivity index (χ1) is 9.24. The summed E-state index contributed by atoms with van der Waals surface area (Å²) in [6.45, 7) is 3.90. The van der Waals surface area contributed by atoms with Gasteiger partial charge < -0.3 is 5.32 Å². The van der Waals surface area contributed by atoms with E-state index in [9.17, 15) is 0 Å². The van der Waals surface area contributed by atoms with Crippen molar-refractivity contribution in [2.75, 3.05) is 6.54 Å². The molecule has 0 aliphatic heterocycles. The second-order valence-electron chi connectivity index (χ2n) is 4.26. The molecule has 1 aromatic carbocycles. The Labute approximate surface area is 122 Å². The highest BCUT2D eigenvalue weighted by Gasteiger charge is 2.06. The van der Waals surface area contributed by atoms with Crippen LogP contribution in [0.1, 0.15) is 23.8 Å². The lowest BCUT2D eigenvalue weighted by molar-refractivity contribution is 0.676. The molecule has 0 spiro atoms. The quantitative estimate of drug-likeness (QED) is 0.826. The first kappa shape index (κ1) is 14.1. The molecule has 0 aliphatic carbocycles. The third-order valence-electron chi connectivity index (χ3n) is 2.79. The highest BCUT2D eigenvalue weighted by molar-refractivity contribution is 7.16. The average molecular weight is 291 g/mol. The number of nitriles is 1. The maximum absolute atomic E-state index is 8.87. The first-order valence-corrected chi connectivity index (χ1v) is 7.43. The third kappa shape index (κ3) is 3.57. The molecule has 0 fully saturated rings. The summed E-state index contributed by atoms with van der Waals surface area (Å²) in [7, 11) is 0. The van der Waals surface area contributed by atoms with Crippen LogP contribution in [0.2, 0.25) is 5.02 Å². The summed E-state index contributed by atoms with van der Waals surface area (Å²) in [5, 5.41) is 13.0. The Morgan fingerprint density at radius 3 is 2.84 bits per heavy atom. The summed E-state index contributed by atoms with van der Waals surface area (Å²) < 4.78 is 0. The van der Waals surface area contributed by atoms with Crippen LogP contribution in [0.4, 0.5) is 0 Å². The smallest absolute Gasteiger partial charge is 0.110 e. The van der Waals surface area contributed by atoms with E-state index in [1.165, 1.54) is 11.3 Å². The van der Waals surface area contributed by atoms with Crippen LogP contribution in [0.5, 0.6) is 0 Å². The summed E-state index contributed by atoms with van der Waals surface area (Å²) in [5.41, 5.74) is 2.21. The number of hydrogen-bond donors (Lipinski definition) is 1. The molecule has 4 heteroatoms. The molecule has 0 amide bonds. The minimum Gasteiger partial charge on any atom is -0.313 e. The fourth-order valence-corrected chi connectivity index (χ4v) is 2.80. The maximum Gasteiger partial charge on any atom is 0.110 e.